The fraction of sp³-hybridized carbons (Fsp3) is 0.826. The standard InChI is InChI=1S/C69H129N2O7P/c1-7-10-13-16-19-22-25-28-30-32-34-35-37-39-41-44-47-50-53-56-59-62-69(73)78-67(60-57-54-51-48-45-42-27-24-21-18-15-12-9-3)66(65-77-79(74,75)76-64-63-71(4,5)6)70-68(72)61-58-55-52-49-46-43-40-38-36-33-31-29-26-23-20-17-14-11-8-2/h19,22,28,30,34-35,39,41,57,60,66-67H,7-18,20-21,23-27,29,31-33,36-38,40,42-56,58-59,61-65H2,1-6H3,(H-,70,72,74,75)/b22-19-,30-28-,35-34-,41-39-,60-57+. The third-order valence-electron chi connectivity index (χ3n) is 15.0. The van der Waals surface area contributed by atoms with E-state index in [2.05, 4.69) is 74.7 Å². The lowest BCUT2D eigenvalue weighted by Gasteiger charge is -2.30. The summed E-state index contributed by atoms with van der Waals surface area (Å²) >= 11 is 0. The molecule has 0 aromatic carbocycles. The highest BCUT2D eigenvalue weighted by atomic mass is 31.2. The molecule has 0 rings (SSSR count). The number of rotatable bonds is 61. The van der Waals surface area contributed by atoms with E-state index in [9.17, 15) is 19.0 Å². The average molecular weight is 1130 g/mol. The van der Waals surface area contributed by atoms with Gasteiger partial charge in [-0.1, -0.05) is 287 Å². The first kappa shape index (κ1) is 76.7. The normalized spacial score (nSPS) is 14.0. The van der Waals surface area contributed by atoms with Crippen LogP contribution in [-0.2, 0) is 27.9 Å². The van der Waals surface area contributed by atoms with Crippen LogP contribution in [-0.4, -0.2) is 69.4 Å². The van der Waals surface area contributed by atoms with Gasteiger partial charge in [0.15, 0.2) is 0 Å². The summed E-state index contributed by atoms with van der Waals surface area (Å²) in [5, 5.41) is 3.04. The molecule has 0 aromatic heterocycles. The quantitative estimate of drug-likeness (QED) is 0.0212. The number of carbonyl (C=O) groups is 2. The van der Waals surface area contributed by atoms with Crippen LogP contribution in [0.25, 0.3) is 0 Å². The van der Waals surface area contributed by atoms with Gasteiger partial charge in [0.05, 0.1) is 33.8 Å². The Labute approximate surface area is 490 Å². The van der Waals surface area contributed by atoms with E-state index in [-0.39, 0.29) is 24.9 Å². The van der Waals surface area contributed by atoms with Gasteiger partial charge in [0.25, 0.3) is 7.82 Å². The van der Waals surface area contributed by atoms with Crippen molar-refractivity contribution in [1.29, 1.82) is 0 Å². The van der Waals surface area contributed by atoms with Crippen LogP contribution in [0.2, 0.25) is 0 Å². The Kier molecular flexibility index (Phi) is 57.2. The van der Waals surface area contributed by atoms with E-state index in [1.807, 2.05) is 33.3 Å². The second-order valence-corrected chi connectivity index (χ2v) is 25.4. The molecule has 0 saturated heterocycles. The maximum absolute atomic E-state index is 13.6. The van der Waals surface area contributed by atoms with Crippen LogP contribution >= 0.6 is 7.82 Å². The van der Waals surface area contributed by atoms with E-state index in [4.69, 9.17) is 13.8 Å². The number of allylic oxidation sites excluding steroid dienone is 9. The molecule has 0 aliphatic rings. The number of ether oxygens (including phenoxy) is 1. The predicted molar refractivity (Wildman–Crippen MR) is 339 cm³/mol. The average Bonchev–Trinajstić information content (AvgIpc) is 3.41. The largest absolute Gasteiger partial charge is 0.756 e. The van der Waals surface area contributed by atoms with Crippen LogP contribution in [0, 0.1) is 0 Å². The van der Waals surface area contributed by atoms with Crippen molar-refractivity contribution in [2.24, 2.45) is 0 Å². The smallest absolute Gasteiger partial charge is 0.306 e. The van der Waals surface area contributed by atoms with Gasteiger partial charge in [-0.15, -0.1) is 0 Å². The first-order valence-electron chi connectivity index (χ1n) is 33.6. The van der Waals surface area contributed by atoms with E-state index in [1.165, 1.54) is 186 Å². The molecule has 1 amide bonds. The SMILES string of the molecule is CCCCC/C=C\C/C=C\C/C=C\C/C=C\CCCCCCCC(=O)OC(/C=C/CCCCCCCCCCCCC)C(COP(=O)([O-])OCC[N+](C)(C)C)NC(=O)CCCCCCCCCCCCCCCCCCCCC. The van der Waals surface area contributed by atoms with Crippen LogP contribution < -0.4 is 10.2 Å². The monoisotopic (exact) mass is 1130 g/mol. The molecule has 0 saturated carbocycles. The molecule has 9 nitrogen and oxygen atoms in total. The lowest BCUT2D eigenvalue weighted by Crippen LogP contribution is -2.47. The number of phosphoric acid groups is 1. The molecule has 462 valence electrons. The summed E-state index contributed by atoms with van der Waals surface area (Å²) < 4.78 is 30.4. The van der Waals surface area contributed by atoms with Crippen molar-refractivity contribution in [3.05, 3.63) is 60.8 Å². The van der Waals surface area contributed by atoms with E-state index >= 15 is 0 Å². The molecule has 0 radical (unpaired) electrons. The molecule has 0 spiro atoms. The van der Waals surface area contributed by atoms with Gasteiger partial charge in [-0.05, 0) is 76.7 Å². The first-order chi connectivity index (χ1) is 38.4. The topological polar surface area (TPSA) is 114 Å². The fourth-order valence-corrected chi connectivity index (χ4v) is 10.5. The Morgan fingerprint density at radius 2 is 0.772 bits per heavy atom. The highest BCUT2D eigenvalue weighted by Gasteiger charge is 2.27. The van der Waals surface area contributed by atoms with Gasteiger partial charge < -0.3 is 28.5 Å². The van der Waals surface area contributed by atoms with E-state index < -0.39 is 26.6 Å². The Morgan fingerprint density at radius 3 is 1.18 bits per heavy atom. The van der Waals surface area contributed by atoms with Crippen molar-refractivity contribution in [1.82, 2.24) is 5.32 Å². The van der Waals surface area contributed by atoms with Gasteiger partial charge in [0, 0.05) is 12.8 Å². The summed E-state index contributed by atoms with van der Waals surface area (Å²) in [7, 11) is 1.18. The summed E-state index contributed by atoms with van der Waals surface area (Å²) in [6, 6.07) is -0.896. The molecular weight excluding hydrogens is 1000 g/mol. The molecule has 0 aromatic rings. The van der Waals surface area contributed by atoms with Crippen LogP contribution in [0.15, 0.2) is 60.8 Å². The molecule has 1 N–H and O–H groups in total. The summed E-state index contributed by atoms with van der Waals surface area (Å²) in [4.78, 5) is 40.1. The second kappa shape index (κ2) is 58.9. The number of amides is 1. The zero-order chi connectivity index (χ0) is 57.9. The lowest BCUT2D eigenvalue weighted by molar-refractivity contribution is -0.870. The van der Waals surface area contributed by atoms with Crippen molar-refractivity contribution in [3.63, 3.8) is 0 Å². The van der Waals surface area contributed by atoms with Gasteiger partial charge in [-0.3, -0.25) is 14.2 Å². The minimum absolute atomic E-state index is 0.0253. The maximum atomic E-state index is 13.6. The molecule has 10 heteroatoms. The Hall–Kier alpha value is -2.29. The van der Waals surface area contributed by atoms with Gasteiger partial charge in [0.2, 0.25) is 5.91 Å². The summed E-state index contributed by atoms with van der Waals surface area (Å²) in [5.74, 6) is -0.550. The van der Waals surface area contributed by atoms with Gasteiger partial charge in [-0.2, -0.15) is 0 Å². The molecule has 3 unspecified atom stereocenters. The number of nitrogens with one attached hydrogen (secondary N) is 1. The molecule has 0 heterocycles. The number of esters is 1. The lowest BCUT2D eigenvalue weighted by atomic mass is 10.0. The van der Waals surface area contributed by atoms with Crippen LogP contribution in [0.5, 0.6) is 0 Å². The summed E-state index contributed by atoms with van der Waals surface area (Å²) in [6.07, 6.45) is 74.7. The molecule has 0 bridgehead atoms. The van der Waals surface area contributed by atoms with Crippen LogP contribution in [0.1, 0.15) is 316 Å². The third-order valence-corrected chi connectivity index (χ3v) is 15.9. The van der Waals surface area contributed by atoms with Crippen molar-refractivity contribution >= 4 is 19.7 Å². The van der Waals surface area contributed by atoms with Crippen LogP contribution in [0.3, 0.4) is 0 Å². The van der Waals surface area contributed by atoms with E-state index in [0.717, 1.165) is 89.9 Å². The number of nitrogens with zero attached hydrogens (tertiary/aromatic N) is 1. The highest BCUT2D eigenvalue weighted by molar-refractivity contribution is 7.45. The second-order valence-electron chi connectivity index (χ2n) is 24.0. The van der Waals surface area contributed by atoms with Gasteiger partial charge in [-0.25, -0.2) is 0 Å². The fourth-order valence-electron chi connectivity index (χ4n) is 9.74. The van der Waals surface area contributed by atoms with Gasteiger partial charge >= 0.3 is 5.97 Å². The van der Waals surface area contributed by atoms with Crippen molar-refractivity contribution in [3.8, 4) is 0 Å². The third kappa shape index (κ3) is 60.1. The summed E-state index contributed by atoms with van der Waals surface area (Å²) in [6.45, 7) is 6.84. The van der Waals surface area contributed by atoms with E-state index in [0.29, 0.717) is 23.9 Å². The number of unbranched alkanes of at least 4 members (excludes halogenated alkanes) is 37. The first-order valence-corrected chi connectivity index (χ1v) is 35.1. The van der Waals surface area contributed by atoms with Crippen molar-refractivity contribution in [2.45, 2.75) is 328 Å². The predicted octanol–water partition coefficient (Wildman–Crippen LogP) is 20.4. The van der Waals surface area contributed by atoms with Crippen molar-refractivity contribution < 1.29 is 37.3 Å². The Balaban J connectivity index is 5.23. The zero-order valence-electron chi connectivity index (χ0n) is 52.8. The number of carbonyl (C=O) groups excluding carboxylic acids is 2. The van der Waals surface area contributed by atoms with E-state index in [1.54, 1.807) is 0 Å². The minimum atomic E-state index is -4.71. The number of hydrogen-bond acceptors (Lipinski definition) is 7. The molecule has 0 aliphatic carbocycles. The maximum Gasteiger partial charge on any atom is 0.306 e. The Morgan fingerprint density at radius 1 is 0.443 bits per heavy atom. The number of hydrogen-bond donors (Lipinski definition) is 1. The molecule has 0 fully saturated rings. The van der Waals surface area contributed by atoms with Crippen molar-refractivity contribution in [2.75, 3.05) is 40.9 Å². The molecular formula is C69H129N2O7P. The summed E-state index contributed by atoms with van der Waals surface area (Å²) in [5.41, 5.74) is 0. The Bertz CT molecular complexity index is 1540. The van der Waals surface area contributed by atoms with Gasteiger partial charge in [0.1, 0.15) is 19.3 Å². The zero-order valence-corrected chi connectivity index (χ0v) is 53.7. The minimum Gasteiger partial charge on any atom is -0.756 e. The number of likely N-dealkylation sites (N-methyl/N-ethyl adjacent to an activating group) is 1. The van der Waals surface area contributed by atoms with Crippen LogP contribution in [0.4, 0.5) is 0 Å². The number of phosphoric ester groups is 1. The number of quaternary nitrogens is 1. The molecule has 3 atom stereocenters. The molecule has 79 heavy (non-hydrogen) atoms. The highest BCUT2D eigenvalue weighted by Crippen LogP contribution is 2.38. The molecule has 0 aliphatic heterocycles.